The lowest BCUT2D eigenvalue weighted by Gasteiger charge is -2.26. The summed E-state index contributed by atoms with van der Waals surface area (Å²) in [5, 5.41) is 0. The lowest BCUT2D eigenvalue weighted by Crippen LogP contribution is -2.20. The van der Waals surface area contributed by atoms with E-state index in [1.807, 2.05) is 0 Å². The predicted molar refractivity (Wildman–Crippen MR) is 48.7 cm³/mol. The van der Waals surface area contributed by atoms with Gasteiger partial charge in [-0.1, -0.05) is 6.92 Å². The van der Waals surface area contributed by atoms with Crippen molar-refractivity contribution in [3.05, 3.63) is 12.5 Å². The van der Waals surface area contributed by atoms with Crippen LogP contribution in [0.3, 0.4) is 0 Å². The fourth-order valence-corrected chi connectivity index (χ4v) is 1.58. The Kier molecular flexibility index (Phi) is 3.45. The summed E-state index contributed by atoms with van der Waals surface area (Å²) >= 11 is 0. The van der Waals surface area contributed by atoms with Gasteiger partial charge in [-0.3, -0.25) is 0 Å². The van der Waals surface area contributed by atoms with Crippen LogP contribution in [-0.4, -0.2) is 13.2 Å². The fraction of sp³-hybridized carbons (Fsp3) is 0.800. The van der Waals surface area contributed by atoms with Gasteiger partial charge in [-0.2, -0.15) is 0 Å². The first kappa shape index (κ1) is 9.43. The van der Waals surface area contributed by atoms with Crippen molar-refractivity contribution >= 4 is 0 Å². The van der Waals surface area contributed by atoms with Gasteiger partial charge in [0.15, 0.2) is 0 Å². The summed E-state index contributed by atoms with van der Waals surface area (Å²) in [6, 6.07) is 0. The molecule has 0 spiro atoms. The van der Waals surface area contributed by atoms with Crippen molar-refractivity contribution in [2.75, 3.05) is 7.11 Å². The largest absolute Gasteiger partial charge is 0.469 e. The minimum Gasteiger partial charge on any atom is -0.469 e. The maximum Gasteiger partial charge on any atom is 0.271 e. The molecule has 1 aliphatic rings. The van der Waals surface area contributed by atoms with Crippen LogP contribution in [0.1, 0.15) is 32.6 Å². The van der Waals surface area contributed by atoms with Crippen LogP contribution >= 0.6 is 0 Å². The second kappa shape index (κ2) is 4.39. The quantitative estimate of drug-likeness (QED) is 0.606. The molecule has 0 radical (unpaired) electrons. The van der Waals surface area contributed by atoms with Crippen molar-refractivity contribution < 1.29 is 9.47 Å². The van der Waals surface area contributed by atoms with Crippen molar-refractivity contribution in [1.29, 1.82) is 0 Å². The molecule has 0 saturated heterocycles. The van der Waals surface area contributed by atoms with Gasteiger partial charge >= 0.3 is 0 Å². The lowest BCUT2D eigenvalue weighted by molar-refractivity contribution is -0.00925. The van der Waals surface area contributed by atoms with E-state index in [0.29, 0.717) is 12.0 Å². The topological polar surface area (TPSA) is 18.5 Å². The van der Waals surface area contributed by atoms with Crippen LogP contribution in [0.5, 0.6) is 0 Å². The molecule has 0 heterocycles. The van der Waals surface area contributed by atoms with Crippen molar-refractivity contribution in [3.63, 3.8) is 0 Å². The molecule has 1 aliphatic carbocycles. The molecule has 2 heteroatoms. The van der Waals surface area contributed by atoms with Gasteiger partial charge in [0, 0.05) is 0 Å². The van der Waals surface area contributed by atoms with Crippen LogP contribution in [0, 0.1) is 5.92 Å². The molecule has 0 atom stereocenters. The van der Waals surface area contributed by atoms with Crippen LogP contribution in [0.4, 0.5) is 0 Å². The summed E-state index contributed by atoms with van der Waals surface area (Å²) in [6.45, 7) is 5.93. The maximum absolute atomic E-state index is 5.47. The molecule has 1 fully saturated rings. The minimum atomic E-state index is 0.341. The molecule has 70 valence electrons. The molecule has 12 heavy (non-hydrogen) atoms. The van der Waals surface area contributed by atoms with Crippen molar-refractivity contribution in [1.82, 2.24) is 0 Å². The average molecular weight is 170 g/mol. The Hall–Kier alpha value is -0.660. The molecule has 1 saturated carbocycles. The highest BCUT2D eigenvalue weighted by atomic mass is 16.7. The molecule has 0 aromatic rings. The van der Waals surface area contributed by atoms with Crippen LogP contribution in [0.25, 0.3) is 0 Å². The van der Waals surface area contributed by atoms with Gasteiger partial charge in [0.05, 0.1) is 7.11 Å². The first-order valence-electron chi connectivity index (χ1n) is 4.62. The molecule has 0 N–H and O–H groups in total. The van der Waals surface area contributed by atoms with Crippen LogP contribution in [0.2, 0.25) is 0 Å². The van der Waals surface area contributed by atoms with E-state index < -0.39 is 0 Å². The van der Waals surface area contributed by atoms with E-state index in [1.165, 1.54) is 12.8 Å². The Morgan fingerprint density at radius 3 is 2.33 bits per heavy atom. The SMILES string of the molecule is C=C(OC)OC1CCC(C)CC1. The monoisotopic (exact) mass is 170 g/mol. The van der Waals surface area contributed by atoms with Crippen molar-refractivity contribution in [2.45, 2.75) is 38.7 Å². The minimum absolute atomic E-state index is 0.341. The molecule has 0 unspecified atom stereocenters. The number of methoxy groups -OCH3 is 1. The number of hydrogen-bond acceptors (Lipinski definition) is 2. The van der Waals surface area contributed by atoms with E-state index in [4.69, 9.17) is 9.47 Å². The van der Waals surface area contributed by atoms with E-state index in [9.17, 15) is 0 Å². The lowest BCUT2D eigenvalue weighted by atomic mass is 9.89. The zero-order valence-electron chi connectivity index (χ0n) is 8.01. The van der Waals surface area contributed by atoms with Gasteiger partial charge in [-0.25, -0.2) is 0 Å². The summed E-state index contributed by atoms with van der Waals surface area (Å²) in [7, 11) is 1.59. The molecular weight excluding hydrogens is 152 g/mol. The van der Waals surface area contributed by atoms with E-state index in [-0.39, 0.29) is 0 Å². The third kappa shape index (κ3) is 2.76. The molecule has 0 aliphatic heterocycles. The standard InChI is InChI=1S/C10H18O2/c1-8-4-6-10(7-5-8)12-9(2)11-3/h8,10H,2,4-7H2,1,3H3. The Morgan fingerprint density at radius 2 is 1.83 bits per heavy atom. The summed E-state index contributed by atoms with van der Waals surface area (Å²) in [5.41, 5.74) is 0. The van der Waals surface area contributed by atoms with E-state index in [0.717, 1.165) is 18.8 Å². The van der Waals surface area contributed by atoms with Gasteiger partial charge in [0.25, 0.3) is 5.95 Å². The Morgan fingerprint density at radius 1 is 1.25 bits per heavy atom. The average Bonchev–Trinajstić information content (AvgIpc) is 2.09. The molecule has 0 bridgehead atoms. The predicted octanol–water partition coefficient (Wildman–Crippen LogP) is 2.70. The maximum atomic E-state index is 5.47. The summed E-state index contributed by atoms with van der Waals surface area (Å²) in [5.74, 6) is 1.32. The molecule has 0 aromatic carbocycles. The number of hydrogen-bond donors (Lipinski definition) is 0. The fourth-order valence-electron chi connectivity index (χ4n) is 1.58. The summed E-state index contributed by atoms with van der Waals surface area (Å²) in [4.78, 5) is 0. The first-order chi connectivity index (χ1) is 5.72. The number of ether oxygens (including phenoxy) is 2. The Bertz CT molecular complexity index is 146. The van der Waals surface area contributed by atoms with Crippen LogP contribution in [-0.2, 0) is 9.47 Å². The zero-order chi connectivity index (χ0) is 8.97. The van der Waals surface area contributed by atoms with Gasteiger partial charge in [-0.05, 0) is 38.2 Å². The van der Waals surface area contributed by atoms with E-state index in [2.05, 4.69) is 13.5 Å². The highest BCUT2D eigenvalue weighted by Crippen LogP contribution is 2.26. The zero-order valence-corrected chi connectivity index (χ0v) is 8.01. The van der Waals surface area contributed by atoms with Crippen molar-refractivity contribution in [2.24, 2.45) is 5.92 Å². The third-order valence-electron chi connectivity index (χ3n) is 2.49. The second-order valence-corrected chi connectivity index (χ2v) is 3.58. The highest BCUT2D eigenvalue weighted by Gasteiger charge is 2.19. The highest BCUT2D eigenvalue weighted by molar-refractivity contribution is 4.76. The molecule has 2 nitrogen and oxygen atoms in total. The Balaban J connectivity index is 2.21. The smallest absolute Gasteiger partial charge is 0.271 e. The first-order valence-corrected chi connectivity index (χ1v) is 4.62. The van der Waals surface area contributed by atoms with Crippen molar-refractivity contribution in [3.8, 4) is 0 Å². The van der Waals surface area contributed by atoms with Gasteiger partial charge in [0.2, 0.25) is 0 Å². The summed E-state index contributed by atoms with van der Waals surface area (Å²) < 4.78 is 10.3. The third-order valence-corrected chi connectivity index (χ3v) is 2.49. The van der Waals surface area contributed by atoms with Crippen LogP contribution < -0.4 is 0 Å². The van der Waals surface area contributed by atoms with Gasteiger partial charge in [-0.15, -0.1) is 0 Å². The normalized spacial score (nSPS) is 29.5. The molecular formula is C10H18O2. The molecule has 0 aromatic heterocycles. The van der Waals surface area contributed by atoms with Gasteiger partial charge in [0.1, 0.15) is 6.10 Å². The van der Waals surface area contributed by atoms with Crippen LogP contribution in [0.15, 0.2) is 12.5 Å². The Labute approximate surface area is 74.6 Å². The second-order valence-electron chi connectivity index (χ2n) is 3.58. The van der Waals surface area contributed by atoms with E-state index in [1.54, 1.807) is 7.11 Å². The number of rotatable bonds is 3. The molecule has 1 rings (SSSR count). The van der Waals surface area contributed by atoms with Gasteiger partial charge < -0.3 is 9.47 Å². The summed E-state index contributed by atoms with van der Waals surface area (Å²) in [6.07, 6.45) is 5.16. The van der Waals surface area contributed by atoms with E-state index >= 15 is 0 Å². The molecule has 0 amide bonds.